The summed E-state index contributed by atoms with van der Waals surface area (Å²) in [5.74, 6) is 0.407. The summed E-state index contributed by atoms with van der Waals surface area (Å²) in [4.78, 5) is 16.9. The molecule has 1 aromatic carbocycles. The summed E-state index contributed by atoms with van der Waals surface area (Å²) in [6, 6.07) is 10.0. The van der Waals surface area contributed by atoms with Crippen LogP contribution < -0.4 is 16.4 Å². The van der Waals surface area contributed by atoms with Crippen LogP contribution in [0.5, 0.6) is 0 Å². The summed E-state index contributed by atoms with van der Waals surface area (Å²) < 4.78 is 0. The third-order valence-electron chi connectivity index (χ3n) is 4.31. The Balaban J connectivity index is 0.00000243. The van der Waals surface area contributed by atoms with E-state index in [1.807, 2.05) is 17.5 Å². The van der Waals surface area contributed by atoms with E-state index in [4.69, 9.17) is 5.73 Å². The number of fused-ring (bicyclic) bond motifs is 1. The van der Waals surface area contributed by atoms with Crippen molar-refractivity contribution in [3.05, 3.63) is 51.7 Å². The van der Waals surface area contributed by atoms with Crippen molar-refractivity contribution in [2.75, 3.05) is 18.4 Å². The standard InChI is InChI=1S/C19H24N4OS.HI/c20-19(22-12-5-11-21-18(24)17-10-4-13-25-17)23-16-9-3-7-14-6-1-2-8-15(14)16;/h3-4,7,9-10,13H,1-2,5-6,8,11-12H2,(H,21,24)(H3,20,22,23);1H. The van der Waals surface area contributed by atoms with Gasteiger partial charge in [0.2, 0.25) is 0 Å². The molecule has 0 atom stereocenters. The number of carbonyl (C=O) groups excluding carboxylic acids is 1. The van der Waals surface area contributed by atoms with Gasteiger partial charge in [-0.05, 0) is 60.7 Å². The highest BCUT2D eigenvalue weighted by Gasteiger charge is 2.13. The summed E-state index contributed by atoms with van der Waals surface area (Å²) in [5, 5.41) is 8.02. The lowest BCUT2D eigenvalue weighted by Crippen LogP contribution is -2.26. The maximum atomic E-state index is 11.8. The second kappa shape index (κ2) is 10.5. The van der Waals surface area contributed by atoms with Gasteiger partial charge < -0.3 is 16.4 Å². The molecular formula is C19H25IN4OS. The first kappa shape index (κ1) is 20.7. The Morgan fingerprint density at radius 3 is 2.85 bits per heavy atom. The Hall–Kier alpha value is -1.61. The second-order valence-corrected chi connectivity index (χ2v) is 7.08. The molecule has 1 aliphatic carbocycles. The highest BCUT2D eigenvalue weighted by Crippen LogP contribution is 2.27. The molecule has 1 amide bonds. The quantitative estimate of drug-likeness (QED) is 0.253. The fourth-order valence-corrected chi connectivity index (χ4v) is 3.69. The van der Waals surface area contributed by atoms with Gasteiger partial charge in [0.25, 0.3) is 5.91 Å². The largest absolute Gasteiger partial charge is 0.370 e. The van der Waals surface area contributed by atoms with Crippen molar-refractivity contribution in [3.63, 3.8) is 0 Å². The molecule has 1 aliphatic rings. The van der Waals surface area contributed by atoms with Crippen LogP contribution in [0.1, 0.15) is 40.1 Å². The molecule has 1 heterocycles. The lowest BCUT2D eigenvalue weighted by Gasteiger charge is -2.19. The number of benzene rings is 1. The van der Waals surface area contributed by atoms with Gasteiger partial charge in [-0.3, -0.25) is 9.79 Å². The zero-order valence-electron chi connectivity index (χ0n) is 14.7. The number of aliphatic imine (C=N–C) groups is 1. The van der Waals surface area contributed by atoms with Gasteiger partial charge in [-0.2, -0.15) is 0 Å². The molecule has 0 aliphatic heterocycles. The van der Waals surface area contributed by atoms with Gasteiger partial charge in [0.1, 0.15) is 0 Å². The summed E-state index contributed by atoms with van der Waals surface area (Å²) >= 11 is 1.44. The fourth-order valence-electron chi connectivity index (χ4n) is 3.05. The molecule has 0 radical (unpaired) electrons. The van der Waals surface area contributed by atoms with Crippen molar-refractivity contribution in [1.82, 2.24) is 5.32 Å². The van der Waals surface area contributed by atoms with E-state index in [0.717, 1.165) is 29.8 Å². The zero-order valence-corrected chi connectivity index (χ0v) is 17.8. The number of rotatable bonds is 6. The number of hydrogen-bond acceptors (Lipinski definition) is 3. The maximum absolute atomic E-state index is 11.8. The van der Waals surface area contributed by atoms with Gasteiger partial charge >= 0.3 is 0 Å². The molecule has 140 valence electrons. The van der Waals surface area contributed by atoms with Crippen molar-refractivity contribution < 1.29 is 4.79 Å². The van der Waals surface area contributed by atoms with Crippen LogP contribution in [0.4, 0.5) is 5.69 Å². The van der Waals surface area contributed by atoms with Crippen LogP contribution in [0.2, 0.25) is 0 Å². The molecule has 0 spiro atoms. The molecule has 0 bridgehead atoms. The summed E-state index contributed by atoms with van der Waals surface area (Å²) in [7, 11) is 0. The number of thiophene rings is 1. The van der Waals surface area contributed by atoms with Gasteiger partial charge in [0.05, 0.1) is 4.88 Å². The molecule has 4 N–H and O–H groups in total. The van der Waals surface area contributed by atoms with Crippen LogP contribution in [0, 0.1) is 0 Å². The van der Waals surface area contributed by atoms with E-state index < -0.39 is 0 Å². The molecule has 0 unspecified atom stereocenters. The Labute approximate surface area is 175 Å². The molecule has 1 aromatic heterocycles. The minimum atomic E-state index is -0.0269. The number of nitrogens with one attached hydrogen (secondary N) is 2. The third-order valence-corrected chi connectivity index (χ3v) is 5.17. The topological polar surface area (TPSA) is 79.5 Å². The first-order valence-electron chi connectivity index (χ1n) is 8.73. The average molecular weight is 484 g/mol. The Bertz CT molecular complexity index is 746. The normalized spacial score (nSPS) is 13.5. The molecule has 3 rings (SSSR count). The Kier molecular flexibility index (Phi) is 8.37. The number of carbonyl (C=O) groups is 1. The number of halogens is 1. The molecule has 0 saturated heterocycles. The molecule has 0 fully saturated rings. The number of nitrogens with two attached hydrogens (primary N) is 1. The highest BCUT2D eigenvalue weighted by atomic mass is 127. The Morgan fingerprint density at radius 1 is 1.19 bits per heavy atom. The molecule has 7 heteroatoms. The Morgan fingerprint density at radius 2 is 2.04 bits per heavy atom. The van der Waals surface area contributed by atoms with E-state index in [9.17, 15) is 4.79 Å². The fraction of sp³-hybridized carbons (Fsp3) is 0.368. The van der Waals surface area contributed by atoms with Crippen LogP contribution in [-0.2, 0) is 12.8 Å². The molecule has 2 aromatic rings. The highest BCUT2D eigenvalue weighted by molar-refractivity contribution is 14.0. The smallest absolute Gasteiger partial charge is 0.261 e. The van der Waals surface area contributed by atoms with Gasteiger partial charge in [0.15, 0.2) is 5.96 Å². The lowest BCUT2D eigenvalue weighted by atomic mass is 9.90. The van der Waals surface area contributed by atoms with E-state index >= 15 is 0 Å². The van der Waals surface area contributed by atoms with E-state index in [0.29, 0.717) is 19.0 Å². The van der Waals surface area contributed by atoms with Crippen LogP contribution in [0.3, 0.4) is 0 Å². The van der Waals surface area contributed by atoms with Gasteiger partial charge in [-0.25, -0.2) is 0 Å². The minimum absolute atomic E-state index is 0. The van der Waals surface area contributed by atoms with Crippen molar-refractivity contribution in [2.24, 2.45) is 10.7 Å². The van der Waals surface area contributed by atoms with Crippen molar-refractivity contribution in [1.29, 1.82) is 0 Å². The average Bonchev–Trinajstić information content (AvgIpc) is 3.16. The monoisotopic (exact) mass is 484 g/mol. The molecule has 5 nitrogen and oxygen atoms in total. The number of anilines is 1. The minimum Gasteiger partial charge on any atom is -0.370 e. The van der Waals surface area contributed by atoms with Gasteiger partial charge in [0, 0.05) is 18.8 Å². The molecule has 26 heavy (non-hydrogen) atoms. The number of amides is 1. The number of hydrogen-bond donors (Lipinski definition) is 3. The number of aryl methyl sites for hydroxylation is 1. The van der Waals surface area contributed by atoms with E-state index in [2.05, 4.69) is 33.8 Å². The van der Waals surface area contributed by atoms with E-state index in [1.165, 1.54) is 35.3 Å². The summed E-state index contributed by atoms with van der Waals surface area (Å²) in [6.07, 6.45) is 5.49. The second-order valence-electron chi connectivity index (χ2n) is 6.13. The summed E-state index contributed by atoms with van der Waals surface area (Å²) in [6.45, 7) is 1.17. The van der Waals surface area contributed by atoms with Crippen LogP contribution in [0.25, 0.3) is 0 Å². The van der Waals surface area contributed by atoms with Crippen LogP contribution in [-0.4, -0.2) is 25.0 Å². The first-order chi connectivity index (χ1) is 12.2. The van der Waals surface area contributed by atoms with Crippen molar-refractivity contribution >= 4 is 52.9 Å². The maximum Gasteiger partial charge on any atom is 0.261 e. The lowest BCUT2D eigenvalue weighted by molar-refractivity contribution is 0.0957. The van der Waals surface area contributed by atoms with Gasteiger partial charge in [-0.1, -0.05) is 18.2 Å². The third kappa shape index (κ3) is 5.70. The van der Waals surface area contributed by atoms with Crippen molar-refractivity contribution in [2.45, 2.75) is 32.1 Å². The summed E-state index contributed by atoms with van der Waals surface area (Å²) in [5.41, 5.74) is 9.87. The van der Waals surface area contributed by atoms with Crippen molar-refractivity contribution in [3.8, 4) is 0 Å². The van der Waals surface area contributed by atoms with Crippen LogP contribution >= 0.6 is 35.3 Å². The predicted molar refractivity (Wildman–Crippen MR) is 120 cm³/mol. The van der Waals surface area contributed by atoms with E-state index in [-0.39, 0.29) is 29.9 Å². The first-order valence-corrected chi connectivity index (χ1v) is 9.61. The molecule has 0 saturated carbocycles. The molecular weight excluding hydrogens is 459 g/mol. The SMILES string of the molecule is I.NC(=NCCCNC(=O)c1cccs1)Nc1cccc2c1CCCC2. The van der Waals surface area contributed by atoms with E-state index in [1.54, 1.807) is 0 Å². The van der Waals surface area contributed by atoms with Crippen LogP contribution in [0.15, 0.2) is 40.7 Å². The number of nitrogens with zero attached hydrogens (tertiary/aromatic N) is 1. The number of guanidine groups is 1. The predicted octanol–water partition coefficient (Wildman–Crippen LogP) is 3.79. The zero-order chi connectivity index (χ0) is 17.5. The van der Waals surface area contributed by atoms with Gasteiger partial charge in [-0.15, -0.1) is 35.3 Å².